The molecule has 0 aliphatic heterocycles. The molecule has 2 aromatic rings. The van der Waals surface area contributed by atoms with Gasteiger partial charge in [-0.05, 0) is 36.6 Å². The fourth-order valence-corrected chi connectivity index (χ4v) is 4.61. The summed E-state index contributed by atoms with van der Waals surface area (Å²) < 4.78 is 83.5. The number of likely N-dealkylation sites (N-methyl/N-ethyl adjacent to an activating group) is 1. The molecular formula is C20H22F4N2O4S2. The van der Waals surface area contributed by atoms with Crippen molar-refractivity contribution in [2.24, 2.45) is 0 Å². The number of benzene rings is 2. The zero-order valence-electron chi connectivity index (χ0n) is 17.2. The van der Waals surface area contributed by atoms with Crippen LogP contribution in [0.25, 0.3) is 0 Å². The van der Waals surface area contributed by atoms with Gasteiger partial charge in [0.25, 0.3) is 0 Å². The number of alkyl halides is 3. The molecular weight excluding hydrogens is 472 g/mol. The number of nitrogens with one attached hydrogen (secondary N) is 1. The molecule has 6 nitrogen and oxygen atoms in total. The quantitative estimate of drug-likeness (QED) is 0.509. The predicted molar refractivity (Wildman–Crippen MR) is 113 cm³/mol. The number of hydrogen-bond donors (Lipinski definition) is 1. The summed E-state index contributed by atoms with van der Waals surface area (Å²) in [4.78, 5) is 13.5. The van der Waals surface area contributed by atoms with Crippen molar-refractivity contribution in [3.8, 4) is 5.75 Å². The third-order valence-electron chi connectivity index (χ3n) is 4.31. The lowest BCUT2D eigenvalue weighted by Gasteiger charge is -2.25. The van der Waals surface area contributed by atoms with Crippen molar-refractivity contribution in [2.75, 3.05) is 19.1 Å². The molecule has 0 aliphatic carbocycles. The third kappa shape index (κ3) is 7.38. The lowest BCUT2D eigenvalue weighted by Crippen LogP contribution is -2.47. The zero-order chi connectivity index (χ0) is 23.9. The number of carbonyl (C=O) groups is 1. The molecule has 0 radical (unpaired) electrons. The molecule has 0 fully saturated rings. The van der Waals surface area contributed by atoms with Crippen LogP contribution in [0.5, 0.6) is 5.75 Å². The van der Waals surface area contributed by atoms with Crippen LogP contribution in [-0.4, -0.2) is 50.7 Å². The summed E-state index contributed by atoms with van der Waals surface area (Å²) in [5, 5.41) is 0. The highest BCUT2D eigenvalue weighted by Gasteiger charge is 2.33. The number of amides is 1. The summed E-state index contributed by atoms with van der Waals surface area (Å²) in [5.41, 5.74) is 0.0845. The Morgan fingerprint density at radius 2 is 1.78 bits per heavy atom. The van der Waals surface area contributed by atoms with E-state index in [0.717, 1.165) is 23.1 Å². The van der Waals surface area contributed by atoms with E-state index in [1.54, 1.807) is 6.26 Å². The molecule has 0 saturated heterocycles. The normalized spacial score (nSPS) is 12.9. The average Bonchev–Trinajstić information content (AvgIpc) is 2.71. The van der Waals surface area contributed by atoms with Gasteiger partial charge in [-0.2, -0.15) is 16.5 Å². The van der Waals surface area contributed by atoms with Gasteiger partial charge in [-0.15, -0.1) is 13.2 Å². The first-order valence-corrected chi connectivity index (χ1v) is 12.2. The largest absolute Gasteiger partial charge is 0.573 e. The van der Waals surface area contributed by atoms with Gasteiger partial charge in [-0.1, -0.05) is 30.3 Å². The lowest BCUT2D eigenvalue weighted by atomic mass is 10.1. The van der Waals surface area contributed by atoms with E-state index in [9.17, 15) is 30.8 Å². The van der Waals surface area contributed by atoms with Gasteiger partial charge in [0, 0.05) is 19.2 Å². The van der Waals surface area contributed by atoms with Crippen molar-refractivity contribution in [3.05, 3.63) is 59.9 Å². The second kappa shape index (κ2) is 11.0. The summed E-state index contributed by atoms with van der Waals surface area (Å²) in [6, 6.07) is 8.82. The molecule has 0 saturated carbocycles. The van der Waals surface area contributed by atoms with Crippen LogP contribution >= 0.6 is 11.8 Å². The summed E-state index contributed by atoms with van der Waals surface area (Å²) in [7, 11) is -3.03. The highest BCUT2D eigenvalue weighted by molar-refractivity contribution is 7.98. The fraction of sp³-hybridized carbons (Fsp3) is 0.350. The molecule has 1 atom stereocenters. The second-order valence-corrected chi connectivity index (χ2v) is 9.40. The monoisotopic (exact) mass is 494 g/mol. The van der Waals surface area contributed by atoms with E-state index in [4.69, 9.17) is 0 Å². The number of carbonyl (C=O) groups excluding carboxylic acids is 1. The molecule has 2 aromatic carbocycles. The van der Waals surface area contributed by atoms with Crippen molar-refractivity contribution in [2.45, 2.75) is 30.3 Å². The Morgan fingerprint density at radius 1 is 1.16 bits per heavy atom. The van der Waals surface area contributed by atoms with Crippen LogP contribution in [0.3, 0.4) is 0 Å². The van der Waals surface area contributed by atoms with Gasteiger partial charge < -0.3 is 9.64 Å². The van der Waals surface area contributed by atoms with Crippen molar-refractivity contribution >= 4 is 27.7 Å². The number of nitrogens with zero attached hydrogens (tertiary/aromatic N) is 1. The third-order valence-corrected chi connectivity index (χ3v) is 6.46. The molecule has 0 aliphatic rings. The second-order valence-electron chi connectivity index (χ2n) is 6.74. The minimum atomic E-state index is -4.91. The molecule has 0 aromatic heterocycles. The molecule has 1 unspecified atom stereocenters. The summed E-state index contributed by atoms with van der Waals surface area (Å²) in [6.45, 7) is -0.262. The fourth-order valence-electron chi connectivity index (χ4n) is 2.84. The predicted octanol–water partition coefficient (Wildman–Crippen LogP) is 3.78. The molecule has 1 N–H and O–H groups in total. The summed E-state index contributed by atoms with van der Waals surface area (Å²) in [6.07, 6.45) is -3.05. The van der Waals surface area contributed by atoms with Gasteiger partial charge in [-0.3, -0.25) is 4.79 Å². The lowest BCUT2D eigenvalue weighted by molar-refractivity contribution is -0.275. The average molecular weight is 495 g/mol. The van der Waals surface area contributed by atoms with E-state index in [-0.39, 0.29) is 18.5 Å². The Balaban J connectivity index is 2.23. The minimum Gasteiger partial charge on any atom is -0.405 e. The SMILES string of the molecule is CSCCC(NS(=O)(=O)c1ccccc1F)C(=O)N(C)Cc1ccccc1OC(F)(F)F. The maximum absolute atomic E-state index is 14.0. The minimum absolute atomic E-state index is 0.0845. The van der Waals surface area contributed by atoms with Crippen LogP contribution in [-0.2, 0) is 21.4 Å². The zero-order valence-corrected chi connectivity index (χ0v) is 18.9. The van der Waals surface area contributed by atoms with Crippen LogP contribution in [0.1, 0.15) is 12.0 Å². The number of rotatable bonds is 10. The first-order chi connectivity index (χ1) is 14.9. The Labute approximate surface area is 188 Å². The number of halogens is 4. The molecule has 176 valence electrons. The van der Waals surface area contributed by atoms with E-state index in [1.807, 2.05) is 0 Å². The van der Waals surface area contributed by atoms with Crippen molar-refractivity contribution < 1.29 is 35.5 Å². The Bertz CT molecular complexity index is 1030. The van der Waals surface area contributed by atoms with Crippen molar-refractivity contribution in [1.82, 2.24) is 9.62 Å². The van der Waals surface area contributed by atoms with Crippen molar-refractivity contribution in [1.29, 1.82) is 0 Å². The molecule has 0 spiro atoms. The Morgan fingerprint density at radius 3 is 2.41 bits per heavy atom. The maximum atomic E-state index is 14.0. The van der Waals surface area contributed by atoms with E-state index in [2.05, 4.69) is 9.46 Å². The van der Waals surface area contributed by atoms with Crippen LogP contribution in [0.4, 0.5) is 17.6 Å². The Hall–Kier alpha value is -2.31. The Kier molecular flexibility index (Phi) is 8.93. The first kappa shape index (κ1) is 25.9. The summed E-state index contributed by atoms with van der Waals surface area (Å²) in [5.74, 6) is -1.70. The molecule has 0 heterocycles. The van der Waals surface area contributed by atoms with Gasteiger partial charge in [0.2, 0.25) is 15.9 Å². The first-order valence-electron chi connectivity index (χ1n) is 9.29. The van der Waals surface area contributed by atoms with Crippen LogP contribution in [0.15, 0.2) is 53.4 Å². The summed E-state index contributed by atoms with van der Waals surface area (Å²) >= 11 is 1.37. The standard InChI is InChI=1S/C20H22F4N2O4S2/c1-26(13-14-7-3-5-9-17(14)30-20(22,23)24)19(27)16(11-12-31-2)25-32(28,29)18-10-6-4-8-15(18)21/h3-10,16,25H,11-13H2,1-2H3. The van der Waals surface area contributed by atoms with E-state index in [0.29, 0.717) is 5.75 Å². The number of ether oxygens (including phenoxy) is 1. The highest BCUT2D eigenvalue weighted by Crippen LogP contribution is 2.27. The number of thioether (sulfide) groups is 1. The molecule has 2 rings (SSSR count). The van der Waals surface area contributed by atoms with Gasteiger partial charge >= 0.3 is 6.36 Å². The van der Waals surface area contributed by atoms with E-state index in [1.165, 1.54) is 49.1 Å². The molecule has 12 heteroatoms. The number of para-hydroxylation sites is 1. The van der Waals surface area contributed by atoms with Gasteiger partial charge in [0.1, 0.15) is 22.5 Å². The van der Waals surface area contributed by atoms with Crippen LogP contribution in [0, 0.1) is 5.82 Å². The van der Waals surface area contributed by atoms with Crippen LogP contribution in [0.2, 0.25) is 0 Å². The maximum Gasteiger partial charge on any atom is 0.573 e. The van der Waals surface area contributed by atoms with E-state index < -0.39 is 44.8 Å². The molecule has 1 amide bonds. The smallest absolute Gasteiger partial charge is 0.405 e. The number of hydrogen-bond acceptors (Lipinski definition) is 5. The van der Waals surface area contributed by atoms with Gasteiger partial charge in [0.15, 0.2) is 0 Å². The molecule has 32 heavy (non-hydrogen) atoms. The van der Waals surface area contributed by atoms with Crippen LogP contribution < -0.4 is 9.46 Å². The highest BCUT2D eigenvalue weighted by atomic mass is 32.2. The van der Waals surface area contributed by atoms with Gasteiger partial charge in [0.05, 0.1) is 0 Å². The van der Waals surface area contributed by atoms with E-state index >= 15 is 0 Å². The van der Waals surface area contributed by atoms with Crippen molar-refractivity contribution in [3.63, 3.8) is 0 Å². The van der Waals surface area contributed by atoms with Gasteiger partial charge in [-0.25, -0.2) is 12.8 Å². The molecule has 0 bridgehead atoms. The number of sulfonamides is 1. The topological polar surface area (TPSA) is 75.7 Å².